The number of hydrogen-bond acceptors (Lipinski definition) is 3. The first kappa shape index (κ1) is 9.71. The smallest absolute Gasteiger partial charge is 0.225 e. The number of nitrogens with one attached hydrogen (secondary N) is 1. The number of rotatable bonds is 4. The van der Waals surface area contributed by atoms with Crippen LogP contribution in [0.4, 0.5) is 5.95 Å². The minimum absolute atomic E-state index is 0.693. The van der Waals surface area contributed by atoms with Crippen molar-refractivity contribution in [3.8, 4) is 0 Å². The Hall–Kier alpha value is -0.840. The van der Waals surface area contributed by atoms with Gasteiger partial charge in [-0.2, -0.15) is 0 Å². The van der Waals surface area contributed by atoms with Crippen molar-refractivity contribution in [1.82, 2.24) is 14.8 Å². The Labute approximate surface area is 88.9 Å². The molecule has 0 saturated heterocycles. The highest BCUT2D eigenvalue weighted by molar-refractivity contribution is 7.71. The van der Waals surface area contributed by atoms with Crippen LogP contribution in [0.1, 0.15) is 26.2 Å². The van der Waals surface area contributed by atoms with E-state index in [1.807, 2.05) is 11.6 Å². The van der Waals surface area contributed by atoms with Gasteiger partial charge in [-0.15, -0.1) is 5.10 Å². The van der Waals surface area contributed by atoms with Gasteiger partial charge in [-0.25, -0.2) is 5.10 Å². The average molecular weight is 212 g/mol. The molecule has 0 atom stereocenters. The van der Waals surface area contributed by atoms with Gasteiger partial charge < -0.3 is 4.90 Å². The van der Waals surface area contributed by atoms with Gasteiger partial charge in [0.05, 0.1) is 0 Å². The van der Waals surface area contributed by atoms with Crippen LogP contribution in [0.25, 0.3) is 0 Å². The molecule has 0 aromatic carbocycles. The van der Waals surface area contributed by atoms with Crippen molar-refractivity contribution < 1.29 is 0 Å². The zero-order valence-electron chi connectivity index (χ0n) is 8.66. The molecule has 5 heteroatoms. The van der Waals surface area contributed by atoms with E-state index >= 15 is 0 Å². The summed E-state index contributed by atoms with van der Waals surface area (Å²) in [5, 5.41) is 7.10. The summed E-state index contributed by atoms with van der Waals surface area (Å²) in [6.45, 7) is 3.26. The van der Waals surface area contributed by atoms with Crippen LogP contribution in [0.15, 0.2) is 0 Å². The summed E-state index contributed by atoms with van der Waals surface area (Å²) >= 11 is 5.10. The first-order valence-corrected chi connectivity index (χ1v) is 5.53. The predicted molar refractivity (Wildman–Crippen MR) is 59.1 cm³/mol. The van der Waals surface area contributed by atoms with Crippen LogP contribution in [0.5, 0.6) is 0 Å². The van der Waals surface area contributed by atoms with E-state index in [9.17, 15) is 0 Å². The molecule has 14 heavy (non-hydrogen) atoms. The van der Waals surface area contributed by atoms with Crippen molar-refractivity contribution in [2.75, 3.05) is 11.4 Å². The third kappa shape index (κ3) is 1.68. The van der Waals surface area contributed by atoms with Gasteiger partial charge in [-0.1, -0.05) is 6.92 Å². The summed E-state index contributed by atoms with van der Waals surface area (Å²) in [5.41, 5.74) is 0. The standard InChI is InChI=1S/C9H16N4S/c1-3-6-13(7-4-5-7)8-10-11-9(14)12(8)2/h7H,3-6H2,1-2H3,(H,11,14). The van der Waals surface area contributed by atoms with Crippen LogP contribution < -0.4 is 4.90 Å². The summed E-state index contributed by atoms with van der Waals surface area (Å²) in [5.74, 6) is 0.986. The molecule has 1 fully saturated rings. The van der Waals surface area contributed by atoms with Crippen molar-refractivity contribution in [3.63, 3.8) is 0 Å². The van der Waals surface area contributed by atoms with Crippen molar-refractivity contribution in [3.05, 3.63) is 4.77 Å². The Kier molecular flexibility index (Phi) is 2.58. The molecule has 78 valence electrons. The Bertz CT molecular complexity index is 363. The van der Waals surface area contributed by atoms with Crippen molar-refractivity contribution in [2.45, 2.75) is 32.2 Å². The van der Waals surface area contributed by atoms with Crippen molar-refractivity contribution >= 4 is 18.2 Å². The fraction of sp³-hybridized carbons (Fsp3) is 0.778. The maximum absolute atomic E-state index is 5.10. The van der Waals surface area contributed by atoms with Crippen LogP contribution in [0.2, 0.25) is 0 Å². The average Bonchev–Trinajstić information content (AvgIpc) is 2.94. The summed E-state index contributed by atoms with van der Waals surface area (Å²) in [4.78, 5) is 2.35. The van der Waals surface area contributed by atoms with E-state index in [0.717, 1.165) is 18.9 Å². The molecular formula is C9H16N4S. The van der Waals surface area contributed by atoms with Crippen molar-refractivity contribution in [1.29, 1.82) is 0 Å². The molecule has 1 N–H and O–H groups in total. The summed E-state index contributed by atoms with van der Waals surface area (Å²) in [6, 6.07) is 0.693. The second kappa shape index (κ2) is 3.73. The van der Waals surface area contributed by atoms with Crippen molar-refractivity contribution in [2.24, 2.45) is 7.05 Å². The molecule has 0 aliphatic heterocycles. The Morgan fingerprint density at radius 3 is 2.79 bits per heavy atom. The highest BCUT2D eigenvalue weighted by Crippen LogP contribution is 2.30. The first-order chi connectivity index (χ1) is 6.74. The van der Waals surface area contributed by atoms with Gasteiger partial charge in [0.1, 0.15) is 0 Å². The molecule has 1 aliphatic carbocycles. The van der Waals surface area contributed by atoms with Gasteiger partial charge in [0.2, 0.25) is 5.95 Å². The number of aromatic nitrogens is 3. The molecule has 0 spiro atoms. The maximum atomic E-state index is 5.10. The molecule has 1 saturated carbocycles. The highest BCUT2D eigenvalue weighted by Gasteiger charge is 2.30. The molecule has 2 rings (SSSR count). The van der Waals surface area contributed by atoms with Gasteiger partial charge in [-0.3, -0.25) is 4.57 Å². The van der Waals surface area contributed by atoms with Crippen LogP contribution in [0.3, 0.4) is 0 Å². The molecule has 1 aliphatic rings. The van der Waals surface area contributed by atoms with Crippen LogP contribution in [0, 0.1) is 4.77 Å². The minimum Gasteiger partial charge on any atom is -0.338 e. The first-order valence-electron chi connectivity index (χ1n) is 5.12. The van der Waals surface area contributed by atoms with E-state index in [-0.39, 0.29) is 0 Å². The molecule has 1 aromatic heterocycles. The molecule has 1 heterocycles. The zero-order chi connectivity index (χ0) is 10.1. The molecule has 0 amide bonds. The maximum Gasteiger partial charge on any atom is 0.225 e. The number of nitrogens with zero attached hydrogens (tertiary/aromatic N) is 3. The topological polar surface area (TPSA) is 36.9 Å². The SMILES string of the molecule is CCCN(c1n[nH]c(=S)n1C)C1CC1. The van der Waals surface area contributed by atoms with Gasteiger partial charge in [0.25, 0.3) is 0 Å². The van der Waals surface area contributed by atoms with E-state index in [1.54, 1.807) is 0 Å². The molecule has 0 bridgehead atoms. The fourth-order valence-corrected chi connectivity index (χ4v) is 1.80. The van der Waals surface area contributed by atoms with E-state index in [1.165, 1.54) is 12.8 Å². The van der Waals surface area contributed by atoms with Gasteiger partial charge in [0, 0.05) is 19.6 Å². The number of anilines is 1. The molecule has 1 aromatic rings. The largest absolute Gasteiger partial charge is 0.338 e. The lowest BCUT2D eigenvalue weighted by Gasteiger charge is -2.21. The normalized spacial score (nSPS) is 15.9. The van der Waals surface area contributed by atoms with Gasteiger partial charge in [-0.05, 0) is 31.5 Å². The Morgan fingerprint density at radius 2 is 2.36 bits per heavy atom. The fourth-order valence-electron chi connectivity index (χ4n) is 1.67. The second-order valence-electron chi connectivity index (χ2n) is 3.81. The summed E-state index contributed by atoms with van der Waals surface area (Å²) in [7, 11) is 1.96. The van der Waals surface area contributed by atoms with Gasteiger partial charge in [0.15, 0.2) is 4.77 Å². The lowest BCUT2D eigenvalue weighted by molar-refractivity contribution is 0.708. The lowest BCUT2D eigenvalue weighted by atomic mass is 10.4. The third-order valence-corrected chi connectivity index (χ3v) is 2.93. The van der Waals surface area contributed by atoms with Crippen LogP contribution >= 0.6 is 12.2 Å². The van der Waals surface area contributed by atoms with Crippen LogP contribution in [-0.4, -0.2) is 27.4 Å². The van der Waals surface area contributed by atoms with E-state index in [4.69, 9.17) is 12.2 Å². The summed E-state index contributed by atoms with van der Waals surface area (Å²) in [6.07, 6.45) is 3.73. The van der Waals surface area contributed by atoms with Gasteiger partial charge >= 0.3 is 0 Å². The van der Waals surface area contributed by atoms with E-state index < -0.39 is 0 Å². The molecule has 0 radical (unpaired) electrons. The minimum atomic E-state index is 0.693. The molecule has 0 unspecified atom stereocenters. The van der Waals surface area contributed by atoms with Crippen LogP contribution in [-0.2, 0) is 7.05 Å². The number of aromatic amines is 1. The van der Waals surface area contributed by atoms with E-state index in [0.29, 0.717) is 10.8 Å². The van der Waals surface area contributed by atoms with E-state index in [2.05, 4.69) is 22.0 Å². The Morgan fingerprint density at radius 1 is 1.64 bits per heavy atom. The zero-order valence-corrected chi connectivity index (χ0v) is 9.47. The monoisotopic (exact) mass is 212 g/mol. The quantitative estimate of drug-likeness (QED) is 0.774. The lowest BCUT2D eigenvalue weighted by Crippen LogP contribution is -2.29. The molecule has 4 nitrogen and oxygen atoms in total. The molecular weight excluding hydrogens is 196 g/mol. The predicted octanol–water partition coefficient (Wildman–Crippen LogP) is 1.86. The second-order valence-corrected chi connectivity index (χ2v) is 4.20. The Balaban J connectivity index is 2.25. The third-order valence-electron chi connectivity index (χ3n) is 2.57. The number of H-pyrrole nitrogens is 1. The number of hydrogen-bond donors (Lipinski definition) is 1. The highest BCUT2D eigenvalue weighted by atomic mass is 32.1. The summed E-state index contributed by atoms with van der Waals surface area (Å²) < 4.78 is 2.64.